The molecule has 0 aliphatic heterocycles. The number of benzene rings is 3. The highest BCUT2D eigenvalue weighted by Gasteiger charge is 2.22. The lowest BCUT2D eigenvalue weighted by atomic mass is 10.1. The minimum Gasteiger partial charge on any atom is -0.370 e. The van der Waals surface area contributed by atoms with E-state index < -0.39 is 10.0 Å². The van der Waals surface area contributed by atoms with Crippen LogP contribution in [0, 0.1) is 0 Å². The third-order valence-electron chi connectivity index (χ3n) is 5.97. The van der Waals surface area contributed by atoms with Crippen LogP contribution in [0.4, 0.5) is 5.82 Å². The first kappa shape index (κ1) is 24.7. The van der Waals surface area contributed by atoms with E-state index in [1.807, 2.05) is 60.7 Å². The lowest BCUT2D eigenvalue weighted by molar-refractivity contribution is 0.466. The van der Waals surface area contributed by atoms with E-state index in [0.29, 0.717) is 40.8 Å². The van der Waals surface area contributed by atoms with Gasteiger partial charge in [0.25, 0.3) is 0 Å². The maximum atomic E-state index is 13.3. The summed E-state index contributed by atoms with van der Waals surface area (Å²) in [5, 5.41) is 10.0. The average Bonchev–Trinajstić information content (AvgIpc) is 3.26. The fourth-order valence-corrected chi connectivity index (χ4v) is 6.10. The highest BCUT2D eigenvalue weighted by molar-refractivity contribution is 9.10. The smallest absolute Gasteiger partial charge is 0.243 e. The summed E-state index contributed by atoms with van der Waals surface area (Å²) < 4.78 is 30.4. The molecule has 10 heteroatoms. The molecule has 0 saturated heterocycles. The van der Waals surface area contributed by atoms with Crippen molar-refractivity contribution in [1.82, 2.24) is 18.9 Å². The number of halogens is 2. The van der Waals surface area contributed by atoms with E-state index >= 15 is 0 Å². The second-order valence-electron chi connectivity index (χ2n) is 8.32. The number of sulfonamides is 1. The Morgan fingerprint density at radius 3 is 2.64 bits per heavy atom. The molecule has 0 spiro atoms. The summed E-state index contributed by atoms with van der Waals surface area (Å²) in [4.78, 5) is 5.03. The Morgan fingerprint density at radius 1 is 1.06 bits per heavy atom. The van der Waals surface area contributed by atoms with Crippen LogP contribution >= 0.6 is 27.5 Å². The maximum absolute atomic E-state index is 13.3. The Kier molecular flexibility index (Phi) is 6.98. The molecule has 0 radical (unpaired) electrons. The number of hydrogen-bond donors (Lipinski definition) is 1. The normalized spacial score (nSPS) is 12.0. The van der Waals surface area contributed by atoms with Gasteiger partial charge in [-0.3, -0.25) is 0 Å². The van der Waals surface area contributed by atoms with Gasteiger partial charge in [-0.15, -0.1) is 0 Å². The highest BCUT2D eigenvalue weighted by atomic mass is 79.9. The van der Waals surface area contributed by atoms with Crippen LogP contribution in [0.1, 0.15) is 6.42 Å². The first-order valence-electron chi connectivity index (χ1n) is 11.3. The van der Waals surface area contributed by atoms with Gasteiger partial charge in [0.2, 0.25) is 10.0 Å². The highest BCUT2D eigenvalue weighted by Crippen LogP contribution is 2.30. The van der Waals surface area contributed by atoms with Crippen LogP contribution in [-0.2, 0) is 10.0 Å². The van der Waals surface area contributed by atoms with Gasteiger partial charge in [-0.2, -0.15) is 9.61 Å². The van der Waals surface area contributed by atoms with Crippen molar-refractivity contribution < 1.29 is 8.42 Å². The molecule has 0 aliphatic carbocycles. The standard InChI is InChI=1S/C26H23BrClN5O2S/c1-32(36(34,35)24-13-6-9-18-8-2-3-10-19(18)24)15-7-14-29-25-16-23(20-11-4-5-12-22(20)28)31-26-21(27)17-30-33(25)26/h2-6,8-13,16-17,29H,7,14-15H2,1H3. The van der Waals surface area contributed by atoms with Crippen LogP contribution in [0.2, 0.25) is 5.02 Å². The number of hydrogen-bond acceptors (Lipinski definition) is 5. The van der Waals surface area contributed by atoms with E-state index in [2.05, 4.69) is 26.3 Å². The Bertz CT molecular complexity index is 1670. The molecule has 2 heterocycles. The number of nitrogens with zero attached hydrogens (tertiary/aromatic N) is 4. The summed E-state index contributed by atoms with van der Waals surface area (Å²) in [6.07, 6.45) is 2.28. The van der Waals surface area contributed by atoms with E-state index in [0.717, 1.165) is 26.6 Å². The Hall–Kier alpha value is -2.98. The van der Waals surface area contributed by atoms with E-state index in [9.17, 15) is 8.42 Å². The lowest BCUT2D eigenvalue weighted by Gasteiger charge is -2.19. The second-order valence-corrected chi connectivity index (χ2v) is 11.6. The predicted octanol–water partition coefficient (Wildman–Crippen LogP) is 6.09. The molecule has 0 fully saturated rings. The van der Waals surface area contributed by atoms with Crippen molar-refractivity contribution in [3.05, 3.63) is 88.5 Å². The third-order valence-corrected chi connectivity index (χ3v) is 8.78. The Morgan fingerprint density at radius 2 is 1.81 bits per heavy atom. The van der Waals surface area contributed by atoms with Crippen LogP contribution in [0.15, 0.2) is 88.4 Å². The van der Waals surface area contributed by atoms with E-state index in [4.69, 9.17) is 16.6 Å². The van der Waals surface area contributed by atoms with E-state index in [1.54, 1.807) is 29.9 Å². The van der Waals surface area contributed by atoms with E-state index in [1.165, 1.54) is 4.31 Å². The van der Waals surface area contributed by atoms with Crippen LogP contribution in [0.25, 0.3) is 27.7 Å². The molecule has 1 N–H and O–H groups in total. The van der Waals surface area contributed by atoms with Gasteiger partial charge in [0.05, 0.1) is 21.3 Å². The monoisotopic (exact) mass is 583 g/mol. The molecule has 36 heavy (non-hydrogen) atoms. The number of nitrogens with one attached hydrogen (secondary N) is 1. The number of rotatable bonds is 8. The maximum Gasteiger partial charge on any atom is 0.243 e. The zero-order valence-corrected chi connectivity index (χ0v) is 22.6. The molecule has 0 amide bonds. The third kappa shape index (κ3) is 4.71. The first-order valence-corrected chi connectivity index (χ1v) is 13.9. The zero-order valence-electron chi connectivity index (χ0n) is 19.4. The predicted molar refractivity (Wildman–Crippen MR) is 148 cm³/mol. The molecule has 0 bridgehead atoms. The van der Waals surface area contributed by atoms with Crippen molar-refractivity contribution in [1.29, 1.82) is 0 Å². The van der Waals surface area contributed by atoms with Crippen molar-refractivity contribution in [2.75, 3.05) is 25.5 Å². The van der Waals surface area contributed by atoms with Crippen molar-refractivity contribution in [2.45, 2.75) is 11.3 Å². The van der Waals surface area contributed by atoms with Crippen LogP contribution in [0.5, 0.6) is 0 Å². The van der Waals surface area contributed by atoms with Crippen molar-refractivity contribution >= 4 is 59.8 Å². The molecule has 7 nitrogen and oxygen atoms in total. The molecule has 5 rings (SSSR count). The molecular weight excluding hydrogens is 562 g/mol. The number of aromatic nitrogens is 3. The summed E-state index contributed by atoms with van der Waals surface area (Å²) in [7, 11) is -2.02. The van der Waals surface area contributed by atoms with Gasteiger partial charge in [0.1, 0.15) is 5.82 Å². The molecule has 0 unspecified atom stereocenters. The van der Waals surface area contributed by atoms with E-state index in [-0.39, 0.29) is 0 Å². The summed E-state index contributed by atoms with van der Waals surface area (Å²) in [5.41, 5.74) is 2.19. The van der Waals surface area contributed by atoms with Crippen LogP contribution in [-0.4, -0.2) is 47.5 Å². The largest absolute Gasteiger partial charge is 0.370 e. The fourth-order valence-electron chi connectivity index (χ4n) is 4.10. The summed E-state index contributed by atoms with van der Waals surface area (Å²) in [6, 6.07) is 22.3. The van der Waals surface area contributed by atoms with Crippen LogP contribution < -0.4 is 5.32 Å². The SMILES string of the molecule is CN(CCCNc1cc(-c2ccccc2Cl)nc2c(Br)cnn12)S(=O)(=O)c1cccc2ccccc12. The number of fused-ring (bicyclic) bond motifs is 2. The summed E-state index contributed by atoms with van der Waals surface area (Å²) in [6.45, 7) is 0.890. The molecule has 3 aromatic carbocycles. The average molecular weight is 585 g/mol. The van der Waals surface area contributed by atoms with Crippen LogP contribution in [0.3, 0.4) is 0 Å². The van der Waals surface area contributed by atoms with Gasteiger partial charge in [-0.05, 0) is 39.9 Å². The molecule has 2 aromatic heterocycles. The van der Waals surface area contributed by atoms with Crippen molar-refractivity contribution in [3.63, 3.8) is 0 Å². The molecule has 0 atom stereocenters. The lowest BCUT2D eigenvalue weighted by Crippen LogP contribution is -2.29. The zero-order chi connectivity index (χ0) is 25.3. The minimum atomic E-state index is -3.63. The molecule has 184 valence electrons. The summed E-state index contributed by atoms with van der Waals surface area (Å²) >= 11 is 9.92. The first-order chi connectivity index (χ1) is 17.4. The fraction of sp³-hybridized carbons (Fsp3) is 0.154. The van der Waals surface area contributed by atoms with Gasteiger partial charge in [0.15, 0.2) is 5.65 Å². The second kappa shape index (κ2) is 10.2. The van der Waals surface area contributed by atoms with Gasteiger partial charge in [0, 0.05) is 42.2 Å². The van der Waals surface area contributed by atoms with Gasteiger partial charge in [-0.25, -0.2) is 17.7 Å². The topological polar surface area (TPSA) is 79.6 Å². The van der Waals surface area contributed by atoms with Gasteiger partial charge < -0.3 is 5.32 Å². The van der Waals surface area contributed by atoms with Crippen molar-refractivity contribution in [3.8, 4) is 11.3 Å². The Labute approximate surface area is 222 Å². The van der Waals surface area contributed by atoms with Gasteiger partial charge >= 0.3 is 0 Å². The van der Waals surface area contributed by atoms with Gasteiger partial charge in [-0.1, -0.05) is 66.2 Å². The minimum absolute atomic E-state index is 0.317. The molecule has 0 aliphatic rings. The summed E-state index contributed by atoms with van der Waals surface area (Å²) in [5.74, 6) is 0.736. The van der Waals surface area contributed by atoms with Crippen molar-refractivity contribution in [2.24, 2.45) is 0 Å². The number of anilines is 1. The molecular formula is C26H23BrClN5O2S. The Balaban J connectivity index is 1.32. The molecule has 5 aromatic rings. The quantitative estimate of drug-likeness (QED) is 0.223. The molecule has 0 saturated carbocycles.